The topological polar surface area (TPSA) is 65.2 Å². The molecule has 31 heavy (non-hydrogen) atoms. The van der Waals surface area contributed by atoms with Gasteiger partial charge in [0.1, 0.15) is 5.75 Å². The van der Waals surface area contributed by atoms with Crippen molar-refractivity contribution in [1.29, 1.82) is 0 Å². The molecule has 0 unspecified atom stereocenters. The number of hydrogen-bond donors (Lipinski definition) is 0. The van der Waals surface area contributed by atoms with Crippen molar-refractivity contribution >= 4 is 33.4 Å². The largest absolute Gasteiger partial charge is 0.470 e. The molecule has 7 nitrogen and oxygen atoms in total. The van der Waals surface area contributed by atoms with Crippen LogP contribution in [0.3, 0.4) is 0 Å². The van der Waals surface area contributed by atoms with Gasteiger partial charge in [-0.05, 0) is 64.0 Å². The molecule has 2 aromatic carbocycles. The van der Waals surface area contributed by atoms with E-state index in [2.05, 4.69) is 26.1 Å². The quantitative estimate of drug-likeness (QED) is 0.366. The smallest absolute Gasteiger partial charge is 0.274 e. The Balaban J connectivity index is 1.35. The predicted molar refractivity (Wildman–Crippen MR) is 121 cm³/mol. The van der Waals surface area contributed by atoms with Crippen LogP contribution >= 0.6 is 27.5 Å². The van der Waals surface area contributed by atoms with E-state index in [0.29, 0.717) is 23.0 Å². The molecule has 0 saturated heterocycles. The number of rotatable bonds is 7. The van der Waals surface area contributed by atoms with E-state index in [9.17, 15) is 4.79 Å². The molecule has 4 rings (SSSR count). The Morgan fingerprint density at radius 1 is 1.16 bits per heavy atom. The van der Waals surface area contributed by atoms with Gasteiger partial charge in [0.25, 0.3) is 5.91 Å². The molecular weight excluding hydrogens is 482 g/mol. The molecule has 2 heterocycles. The summed E-state index contributed by atoms with van der Waals surface area (Å²) in [6.07, 6.45) is 5.33. The van der Waals surface area contributed by atoms with Crippen molar-refractivity contribution in [3.8, 4) is 11.4 Å². The van der Waals surface area contributed by atoms with Gasteiger partial charge in [-0.15, -0.1) is 0 Å². The maximum absolute atomic E-state index is 12.8. The predicted octanol–water partition coefficient (Wildman–Crippen LogP) is 4.79. The molecule has 4 aromatic rings. The maximum atomic E-state index is 12.8. The number of ether oxygens (including phenoxy) is 1. The highest BCUT2D eigenvalue weighted by Crippen LogP contribution is 2.28. The molecule has 0 aliphatic carbocycles. The molecule has 0 atom stereocenters. The number of carbonyl (C=O) groups excluding carboxylic acids is 1. The number of benzene rings is 2. The molecule has 0 bridgehead atoms. The lowest BCUT2D eigenvalue weighted by molar-refractivity contribution is 0.0777. The Morgan fingerprint density at radius 3 is 2.68 bits per heavy atom. The fourth-order valence-electron chi connectivity index (χ4n) is 2.99. The standard InChI is InChI=1S/C22H19BrClN5O2/c1-27(14-16-3-6-18(7-4-16)29-11-2-10-25-29)22(30)20-9-12-28(26-20)15-31-21-8-5-17(24)13-19(21)23/h2-13H,14-15H2,1H3. The highest BCUT2D eigenvalue weighted by atomic mass is 79.9. The lowest BCUT2D eigenvalue weighted by Gasteiger charge is -2.16. The summed E-state index contributed by atoms with van der Waals surface area (Å²) in [5.74, 6) is 0.478. The Kier molecular flexibility index (Phi) is 6.39. The van der Waals surface area contributed by atoms with E-state index in [4.69, 9.17) is 16.3 Å². The molecule has 1 amide bonds. The van der Waals surface area contributed by atoms with Crippen molar-refractivity contribution in [1.82, 2.24) is 24.5 Å². The third kappa shape index (κ3) is 5.15. The number of carbonyl (C=O) groups is 1. The number of amides is 1. The molecule has 0 N–H and O–H groups in total. The molecular formula is C22H19BrClN5O2. The molecule has 2 aromatic heterocycles. The van der Waals surface area contributed by atoms with Crippen LogP contribution in [0.2, 0.25) is 5.02 Å². The van der Waals surface area contributed by atoms with Gasteiger partial charge >= 0.3 is 0 Å². The lowest BCUT2D eigenvalue weighted by Crippen LogP contribution is -2.26. The highest BCUT2D eigenvalue weighted by Gasteiger charge is 2.15. The second-order valence-electron chi connectivity index (χ2n) is 6.87. The van der Waals surface area contributed by atoms with Crippen LogP contribution in [-0.4, -0.2) is 37.4 Å². The first-order valence-electron chi connectivity index (χ1n) is 9.45. The van der Waals surface area contributed by atoms with Gasteiger partial charge in [0.15, 0.2) is 12.4 Å². The molecule has 0 radical (unpaired) electrons. The number of hydrogen-bond acceptors (Lipinski definition) is 4. The first-order chi connectivity index (χ1) is 15.0. The normalized spacial score (nSPS) is 10.8. The third-order valence-electron chi connectivity index (χ3n) is 4.58. The monoisotopic (exact) mass is 499 g/mol. The van der Waals surface area contributed by atoms with Crippen molar-refractivity contribution in [2.75, 3.05) is 7.05 Å². The molecule has 9 heteroatoms. The Bertz CT molecular complexity index is 1180. The fraction of sp³-hybridized carbons (Fsp3) is 0.136. The summed E-state index contributed by atoms with van der Waals surface area (Å²) in [6.45, 7) is 0.644. The third-order valence-corrected chi connectivity index (χ3v) is 5.43. The summed E-state index contributed by atoms with van der Waals surface area (Å²) in [6, 6.07) is 16.7. The molecule has 0 fully saturated rings. The van der Waals surface area contributed by atoms with E-state index < -0.39 is 0 Å². The molecule has 0 saturated carbocycles. The first-order valence-corrected chi connectivity index (χ1v) is 10.6. The zero-order valence-electron chi connectivity index (χ0n) is 16.7. The van der Waals surface area contributed by atoms with E-state index in [-0.39, 0.29) is 12.6 Å². The second-order valence-corrected chi connectivity index (χ2v) is 8.16. The van der Waals surface area contributed by atoms with Crippen LogP contribution in [0.15, 0.2) is 77.7 Å². The minimum Gasteiger partial charge on any atom is -0.470 e. The Morgan fingerprint density at radius 2 is 1.97 bits per heavy atom. The van der Waals surface area contributed by atoms with Crippen LogP contribution in [-0.2, 0) is 13.3 Å². The van der Waals surface area contributed by atoms with E-state index >= 15 is 0 Å². The van der Waals surface area contributed by atoms with Gasteiger partial charge in [-0.25, -0.2) is 9.36 Å². The van der Waals surface area contributed by atoms with Gasteiger partial charge in [0.2, 0.25) is 0 Å². The van der Waals surface area contributed by atoms with E-state index in [1.54, 1.807) is 58.0 Å². The van der Waals surface area contributed by atoms with Gasteiger partial charge in [-0.2, -0.15) is 10.2 Å². The van der Waals surface area contributed by atoms with Gasteiger partial charge in [0.05, 0.1) is 10.2 Å². The lowest BCUT2D eigenvalue weighted by atomic mass is 10.2. The van der Waals surface area contributed by atoms with Crippen molar-refractivity contribution in [2.45, 2.75) is 13.3 Å². The van der Waals surface area contributed by atoms with Crippen LogP contribution < -0.4 is 4.74 Å². The van der Waals surface area contributed by atoms with E-state index in [1.165, 1.54) is 0 Å². The summed E-state index contributed by atoms with van der Waals surface area (Å²) in [5.41, 5.74) is 2.34. The van der Waals surface area contributed by atoms with Gasteiger partial charge in [0, 0.05) is 37.2 Å². The van der Waals surface area contributed by atoms with Crippen LogP contribution in [0.25, 0.3) is 5.69 Å². The summed E-state index contributed by atoms with van der Waals surface area (Å²) in [7, 11) is 1.75. The SMILES string of the molecule is CN(Cc1ccc(-n2cccn2)cc1)C(=O)c1ccn(COc2ccc(Cl)cc2Br)n1. The summed E-state index contributed by atoms with van der Waals surface area (Å²) in [5, 5.41) is 9.16. The molecule has 0 spiro atoms. The Labute approximate surface area is 192 Å². The van der Waals surface area contributed by atoms with Crippen molar-refractivity contribution in [2.24, 2.45) is 0 Å². The van der Waals surface area contributed by atoms with Crippen molar-refractivity contribution < 1.29 is 9.53 Å². The molecule has 0 aliphatic heterocycles. The van der Waals surface area contributed by atoms with Crippen LogP contribution in [0.4, 0.5) is 0 Å². The average molecular weight is 501 g/mol. The summed E-state index contributed by atoms with van der Waals surface area (Å²) >= 11 is 9.35. The second kappa shape index (κ2) is 9.36. The van der Waals surface area contributed by atoms with E-state index in [1.807, 2.05) is 36.5 Å². The number of nitrogens with zero attached hydrogens (tertiary/aromatic N) is 5. The van der Waals surface area contributed by atoms with Crippen LogP contribution in [0.1, 0.15) is 16.1 Å². The van der Waals surface area contributed by atoms with Crippen LogP contribution in [0.5, 0.6) is 5.75 Å². The summed E-state index contributed by atoms with van der Waals surface area (Å²) in [4.78, 5) is 14.4. The average Bonchev–Trinajstić information content (AvgIpc) is 3.45. The minimum absolute atomic E-state index is 0.164. The molecule has 0 aliphatic rings. The summed E-state index contributed by atoms with van der Waals surface area (Å²) < 4.78 is 9.84. The minimum atomic E-state index is -0.164. The zero-order valence-corrected chi connectivity index (χ0v) is 19.0. The zero-order chi connectivity index (χ0) is 21.8. The van der Waals surface area contributed by atoms with Gasteiger partial charge in [-0.3, -0.25) is 4.79 Å². The van der Waals surface area contributed by atoms with Crippen molar-refractivity contribution in [3.63, 3.8) is 0 Å². The van der Waals surface area contributed by atoms with Gasteiger partial charge in [-0.1, -0.05) is 23.7 Å². The number of aromatic nitrogens is 4. The molecule has 158 valence electrons. The van der Waals surface area contributed by atoms with Gasteiger partial charge < -0.3 is 9.64 Å². The van der Waals surface area contributed by atoms with Crippen LogP contribution in [0, 0.1) is 0 Å². The highest BCUT2D eigenvalue weighted by molar-refractivity contribution is 9.10. The Hall–Kier alpha value is -3.10. The number of halogens is 2. The van der Waals surface area contributed by atoms with E-state index in [0.717, 1.165) is 15.7 Å². The first kappa shape index (κ1) is 21.1. The maximum Gasteiger partial charge on any atom is 0.274 e. The van der Waals surface area contributed by atoms with Crippen molar-refractivity contribution in [3.05, 3.63) is 93.9 Å². The fourth-order valence-corrected chi connectivity index (χ4v) is 3.79.